The van der Waals surface area contributed by atoms with Gasteiger partial charge in [-0.3, -0.25) is 10.1 Å². The molecule has 1 aromatic rings. The number of non-ortho nitro benzene ring substituents is 1. The molecule has 0 spiro atoms. The molecule has 0 aromatic heterocycles. The molecule has 5 nitrogen and oxygen atoms in total. The molecule has 0 saturated carbocycles. The predicted octanol–water partition coefficient (Wildman–Crippen LogP) is 1.87. The maximum Gasteiger partial charge on any atom is 0.270 e. The Morgan fingerprint density at radius 2 is 2.19 bits per heavy atom. The van der Waals surface area contributed by atoms with Gasteiger partial charge < -0.3 is 10.5 Å². The summed E-state index contributed by atoms with van der Waals surface area (Å²) in [4.78, 5) is 9.66. The highest BCUT2D eigenvalue weighted by Gasteiger charge is 2.18. The highest BCUT2D eigenvalue weighted by Crippen LogP contribution is 2.32. The van der Waals surface area contributed by atoms with E-state index in [1.807, 2.05) is 0 Å². The molecule has 0 atom stereocenters. The SMILES string of the molecule is NCCOc1ccc([N+](=O)[O-])cc1C(F)F. The summed E-state index contributed by atoms with van der Waals surface area (Å²) in [5, 5.41) is 10.4. The van der Waals surface area contributed by atoms with E-state index in [4.69, 9.17) is 10.5 Å². The number of nitro groups is 1. The van der Waals surface area contributed by atoms with Crippen LogP contribution in [0, 0.1) is 10.1 Å². The van der Waals surface area contributed by atoms with Gasteiger partial charge in [-0.25, -0.2) is 8.78 Å². The quantitative estimate of drug-likeness (QED) is 0.620. The lowest BCUT2D eigenvalue weighted by Crippen LogP contribution is -2.11. The maximum absolute atomic E-state index is 12.6. The van der Waals surface area contributed by atoms with Crippen molar-refractivity contribution in [2.45, 2.75) is 6.43 Å². The fourth-order valence-corrected chi connectivity index (χ4v) is 1.12. The van der Waals surface area contributed by atoms with Crippen LogP contribution in [-0.4, -0.2) is 18.1 Å². The number of benzene rings is 1. The normalized spacial score (nSPS) is 10.5. The van der Waals surface area contributed by atoms with Crippen molar-refractivity contribution in [1.29, 1.82) is 0 Å². The zero-order valence-corrected chi connectivity index (χ0v) is 8.23. The van der Waals surface area contributed by atoms with Crippen LogP contribution in [0.25, 0.3) is 0 Å². The van der Waals surface area contributed by atoms with Crippen LogP contribution in [0.1, 0.15) is 12.0 Å². The van der Waals surface area contributed by atoms with Crippen molar-refractivity contribution in [2.75, 3.05) is 13.2 Å². The molecule has 0 heterocycles. The minimum Gasteiger partial charge on any atom is -0.492 e. The Hall–Kier alpha value is -1.76. The summed E-state index contributed by atoms with van der Waals surface area (Å²) in [5.74, 6) is -0.0777. The zero-order valence-electron chi connectivity index (χ0n) is 8.23. The Morgan fingerprint density at radius 1 is 1.50 bits per heavy atom. The monoisotopic (exact) mass is 232 g/mol. The molecule has 7 heteroatoms. The summed E-state index contributed by atoms with van der Waals surface area (Å²) in [5.41, 5.74) is 4.27. The van der Waals surface area contributed by atoms with Gasteiger partial charge in [-0.05, 0) is 6.07 Å². The smallest absolute Gasteiger partial charge is 0.270 e. The average Bonchev–Trinajstić information content (AvgIpc) is 2.25. The van der Waals surface area contributed by atoms with E-state index in [1.165, 1.54) is 0 Å². The summed E-state index contributed by atoms with van der Waals surface area (Å²) in [6.07, 6.45) is -2.83. The molecule has 0 bridgehead atoms. The van der Waals surface area contributed by atoms with Gasteiger partial charge in [-0.1, -0.05) is 0 Å². The first kappa shape index (κ1) is 12.3. The number of nitrogens with two attached hydrogens (primary N) is 1. The number of hydrogen-bond donors (Lipinski definition) is 1. The number of rotatable bonds is 5. The van der Waals surface area contributed by atoms with Crippen molar-refractivity contribution in [3.05, 3.63) is 33.9 Å². The molecule has 0 aliphatic heterocycles. The maximum atomic E-state index is 12.6. The lowest BCUT2D eigenvalue weighted by atomic mass is 10.2. The van der Waals surface area contributed by atoms with Crippen molar-refractivity contribution in [3.8, 4) is 5.75 Å². The number of nitrogens with zero attached hydrogens (tertiary/aromatic N) is 1. The predicted molar refractivity (Wildman–Crippen MR) is 52.6 cm³/mol. The van der Waals surface area contributed by atoms with Gasteiger partial charge in [-0.15, -0.1) is 0 Å². The molecule has 16 heavy (non-hydrogen) atoms. The second-order valence-electron chi connectivity index (χ2n) is 2.92. The van der Waals surface area contributed by atoms with Crippen molar-refractivity contribution < 1.29 is 18.4 Å². The third kappa shape index (κ3) is 2.86. The van der Waals surface area contributed by atoms with Gasteiger partial charge in [-0.2, -0.15) is 0 Å². The van der Waals surface area contributed by atoms with Gasteiger partial charge in [0.05, 0.1) is 10.5 Å². The van der Waals surface area contributed by atoms with Gasteiger partial charge >= 0.3 is 0 Å². The van der Waals surface area contributed by atoms with Crippen LogP contribution in [0.15, 0.2) is 18.2 Å². The van der Waals surface area contributed by atoms with Crippen LogP contribution in [-0.2, 0) is 0 Å². The molecule has 0 aliphatic carbocycles. The summed E-state index contributed by atoms with van der Waals surface area (Å²) in [6, 6.07) is 3.06. The minimum atomic E-state index is -2.83. The number of halogens is 2. The van der Waals surface area contributed by atoms with Crippen molar-refractivity contribution in [1.82, 2.24) is 0 Å². The Balaban J connectivity index is 3.04. The lowest BCUT2D eigenvalue weighted by molar-refractivity contribution is -0.385. The number of hydrogen-bond acceptors (Lipinski definition) is 4. The molecule has 0 unspecified atom stereocenters. The third-order valence-corrected chi connectivity index (χ3v) is 1.81. The van der Waals surface area contributed by atoms with Crippen molar-refractivity contribution >= 4 is 5.69 Å². The molecular formula is C9H10F2N2O3. The van der Waals surface area contributed by atoms with Crippen LogP contribution in [0.3, 0.4) is 0 Å². The molecule has 0 radical (unpaired) electrons. The Morgan fingerprint density at radius 3 is 2.69 bits per heavy atom. The van der Waals surface area contributed by atoms with Crippen molar-refractivity contribution in [2.24, 2.45) is 5.73 Å². The van der Waals surface area contributed by atoms with E-state index in [1.54, 1.807) is 0 Å². The first-order valence-corrected chi connectivity index (χ1v) is 4.45. The molecule has 1 rings (SSSR count). The molecular weight excluding hydrogens is 222 g/mol. The number of alkyl halides is 2. The number of nitro benzene ring substituents is 1. The van der Waals surface area contributed by atoms with E-state index in [0.29, 0.717) is 0 Å². The van der Waals surface area contributed by atoms with Crippen LogP contribution in [0.2, 0.25) is 0 Å². The largest absolute Gasteiger partial charge is 0.492 e. The fourth-order valence-electron chi connectivity index (χ4n) is 1.12. The van der Waals surface area contributed by atoms with Gasteiger partial charge in [0.1, 0.15) is 12.4 Å². The van der Waals surface area contributed by atoms with Crippen LogP contribution >= 0.6 is 0 Å². The van der Waals surface area contributed by atoms with Crippen molar-refractivity contribution in [3.63, 3.8) is 0 Å². The summed E-state index contributed by atoms with van der Waals surface area (Å²) in [6.45, 7) is 0.261. The zero-order chi connectivity index (χ0) is 12.1. The first-order chi connectivity index (χ1) is 7.56. The van der Waals surface area contributed by atoms with Gasteiger partial charge in [0.15, 0.2) is 0 Å². The van der Waals surface area contributed by atoms with E-state index in [-0.39, 0.29) is 18.9 Å². The molecule has 0 fully saturated rings. The Kier molecular flexibility index (Phi) is 4.12. The minimum absolute atomic E-state index is 0.0777. The first-order valence-electron chi connectivity index (χ1n) is 4.45. The molecule has 88 valence electrons. The summed E-state index contributed by atoms with van der Waals surface area (Å²) >= 11 is 0. The van der Waals surface area contributed by atoms with E-state index in [2.05, 4.69) is 0 Å². The summed E-state index contributed by atoms with van der Waals surface area (Å²) < 4.78 is 30.1. The second kappa shape index (κ2) is 5.36. The molecule has 0 amide bonds. The Labute approximate surface area is 90.0 Å². The van der Waals surface area contributed by atoms with Crippen LogP contribution in [0.5, 0.6) is 5.75 Å². The van der Waals surface area contributed by atoms with E-state index < -0.39 is 22.6 Å². The topological polar surface area (TPSA) is 78.4 Å². The van der Waals surface area contributed by atoms with Crippen LogP contribution < -0.4 is 10.5 Å². The van der Waals surface area contributed by atoms with E-state index in [0.717, 1.165) is 18.2 Å². The average molecular weight is 232 g/mol. The molecule has 1 aromatic carbocycles. The second-order valence-corrected chi connectivity index (χ2v) is 2.92. The third-order valence-electron chi connectivity index (χ3n) is 1.81. The fraction of sp³-hybridized carbons (Fsp3) is 0.333. The summed E-state index contributed by atoms with van der Waals surface area (Å²) in [7, 11) is 0. The van der Waals surface area contributed by atoms with Gasteiger partial charge in [0.25, 0.3) is 12.1 Å². The van der Waals surface area contributed by atoms with Gasteiger partial charge in [0, 0.05) is 18.7 Å². The lowest BCUT2D eigenvalue weighted by Gasteiger charge is -2.09. The number of ether oxygens (including phenoxy) is 1. The Bertz CT molecular complexity index is 385. The van der Waals surface area contributed by atoms with E-state index in [9.17, 15) is 18.9 Å². The van der Waals surface area contributed by atoms with E-state index >= 15 is 0 Å². The molecule has 0 aliphatic rings. The van der Waals surface area contributed by atoms with Crippen LogP contribution in [0.4, 0.5) is 14.5 Å². The highest BCUT2D eigenvalue weighted by molar-refractivity contribution is 5.44. The standard InChI is InChI=1S/C9H10F2N2O3/c10-9(11)7-5-6(13(14)15)1-2-8(7)16-4-3-12/h1-2,5,9H,3-4,12H2. The van der Waals surface area contributed by atoms with Gasteiger partial charge in [0.2, 0.25) is 0 Å². The molecule has 0 saturated heterocycles. The highest BCUT2D eigenvalue weighted by atomic mass is 19.3. The molecule has 2 N–H and O–H groups in total.